The molecule has 0 saturated carbocycles. The topological polar surface area (TPSA) is 56.0 Å². The number of amides is 2. The molecule has 12 heteroatoms. The third-order valence-electron chi connectivity index (χ3n) is 5.40. The molecule has 3 aromatic rings. The molecule has 3 aromatic carbocycles. The predicted octanol–water partition coefficient (Wildman–Crippen LogP) is 7.45. The normalized spacial score (nSPS) is 19.6. The highest BCUT2D eigenvalue weighted by Gasteiger charge is 2.65. The SMILES string of the molecule is O=C1[C@@H]2[C@H](C(=O)N1c1ccccc1)N(c1c(Cl)cc(Cl)cc1Cl)N=[N+]2c1c(Cl)cc(Cl)cc1Cl. The predicted molar refractivity (Wildman–Crippen MR) is 134 cm³/mol. The Morgan fingerprint density at radius 3 is 1.82 bits per heavy atom. The summed E-state index contributed by atoms with van der Waals surface area (Å²) in [6.07, 6.45) is 0. The summed E-state index contributed by atoms with van der Waals surface area (Å²) in [7, 11) is 0. The van der Waals surface area contributed by atoms with Gasteiger partial charge in [-0.25, -0.2) is 4.90 Å². The van der Waals surface area contributed by atoms with Gasteiger partial charge in [0.25, 0.3) is 23.9 Å². The van der Waals surface area contributed by atoms with Crippen molar-refractivity contribution >= 4 is 98.5 Å². The van der Waals surface area contributed by atoms with Crippen molar-refractivity contribution in [3.8, 4) is 0 Å². The van der Waals surface area contributed by atoms with Crippen LogP contribution in [0.1, 0.15) is 0 Å². The van der Waals surface area contributed by atoms with Crippen LogP contribution in [0.25, 0.3) is 0 Å². The number of hydrogen-bond donors (Lipinski definition) is 0. The van der Waals surface area contributed by atoms with Gasteiger partial charge in [-0.1, -0.05) is 87.8 Å². The van der Waals surface area contributed by atoms with Crippen molar-refractivity contribution in [2.75, 3.05) is 9.91 Å². The van der Waals surface area contributed by atoms with Crippen molar-refractivity contribution in [3.63, 3.8) is 0 Å². The van der Waals surface area contributed by atoms with Crippen LogP contribution in [0, 0.1) is 0 Å². The molecular weight excluding hydrogens is 565 g/mol. The highest BCUT2D eigenvalue weighted by molar-refractivity contribution is 6.42. The van der Waals surface area contributed by atoms with E-state index in [1.807, 2.05) is 0 Å². The Hall–Kier alpha value is -2.06. The first-order chi connectivity index (χ1) is 16.2. The van der Waals surface area contributed by atoms with Gasteiger partial charge >= 0.3 is 0 Å². The standard InChI is InChI=1S/C22H11Cl6N4O2/c23-10-6-13(25)17(14(26)7-10)31-19-20(22(34)30(21(19)33)12-4-2-1-3-5-12)32(29-31)18-15(27)8-11(24)9-16(18)28/h1-9,19-20H/q+1/t19-,20+. The second-order valence-electron chi connectivity index (χ2n) is 7.45. The first-order valence-electron chi connectivity index (χ1n) is 9.71. The fraction of sp³-hybridized carbons (Fsp3) is 0.0909. The van der Waals surface area contributed by atoms with Crippen LogP contribution in [0.15, 0.2) is 59.8 Å². The van der Waals surface area contributed by atoms with Crippen LogP contribution < -0.4 is 9.91 Å². The number of carbonyl (C=O) groups excluding carboxylic acids is 2. The lowest BCUT2D eigenvalue weighted by molar-refractivity contribution is -0.522. The molecular formula is C22H11Cl6N4O2+. The summed E-state index contributed by atoms with van der Waals surface area (Å²) in [6.45, 7) is 0. The Labute approximate surface area is 223 Å². The van der Waals surface area contributed by atoms with Gasteiger partial charge < -0.3 is 0 Å². The minimum absolute atomic E-state index is 0.147. The van der Waals surface area contributed by atoms with Gasteiger partial charge in [-0.3, -0.25) is 9.59 Å². The smallest absolute Gasteiger partial charge is 0.269 e. The van der Waals surface area contributed by atoms with Gasteiger partial charge in [-0.2, -0.15) is 0 Å². The second kappa shape index (κ2) is 8.86. The molecule has 0 aromatic heterocycles. The molecule has 0 bridgehead atoms. The summed E-state index contributed by atoms with van der Waals surface area (Å²) in [5.41, 5.74) is 0.832. The van der Waals surface area contributed by atoms with E-state index in [0.717, 1.165) is 4.90 Å². The van der Waals surface area contributed by atoms with Gasteiger partial charge in [0, 0.05) is 10.0 Å². The van der Waals surface area contributed by atoms with Crippen LogP contribution in [0.3, 0.4) is 0 Å². The molecule has 172 valence electrons. The van der Waals surface area contributed by atoms with Crippen LogP contribution in [-0.4, -0.2) is 28.6 Å². The van der Waals surface area contributed by atoms with Crippen molar-refractivity contribution in [3.05, 3.63) is 84.7 Å². The van der Waals surface area contributed by atoms with E-state index in [-0.39, 0.29) is 31.5 Å². The lowest BCUT2D eigenvalue weighted by Gasteiger charge is -2.17. The monoisotopic (exact) mass is 573 g/mol. The molecule has 2 atom stereocenters. The number of nitrogens with zero attached hydrogens (tertiary/aromatic N) is 4. The number of imide groups is 1. The van der Waals surface area contributed by atoms with Crippen LogP contribution in [0.4, 0.5) is 17.1 Å². The van der Waals surface area contributed by atoms with Gasteiger partial charge in [-0.05, 0) is 36.4 Å². The van der Waals surface area contributed by atoms with E-state index in [0.29, 0.717) is 15.7 Å². The van der Waals surface area contributed by atoms with Crippen LogP contribution in [-0.2, 0) is 9.59 Å². The number of anilines is 2. The van der Waals surface area contributed by atoms with Crippen molar-refractivity contribution in [2.24, 2.45) is 5.22 Å². The van der Waals surface area contributed by atoms with E-state index in [1.54, 1.807) is 30.3 Å². The van der Waals surface area contributed by atoms with Gasteiger partial charge in [-0.15, -0.1) is 9.71 Å². The van der Waals surface area contributed by atoms with E-state index in [9.17, 15) is 9.59 Å². The number of halogens is 6. The molecule has 0 N–H and O–H groups in total. The zero-order chi connectivity index (χ0) is 24.3. The third kappa shape index (κ3) is 3.73. The van der Waals surface area contributed by atoms with Crippen LogP contribution in [0.5, 0.6) is 0 Å². The summed E-state index contributed by atoms with van der Waals surface area (Å²) in [4.78, 5) is 28.4. The molecule has 34 heavy (non-hydrogen) atoms. The van der Waals surface area contributed by atoms with Crippen molar-refractivity contribution in [2.45, 2.75) is 12.1 Å². The molecule has 6 nitrogen and oxygen atoms in total. The zero-order valence-corrected chi connectivity index (χ0v) is 21.3. The second-order valence-corrected chi connectivity index (χ2v) is 9.95. The van der Waals surface area contributed by atoms with Crippen LogP contribution in [0.2, 0.25) is 30.1 Å². The molecule has 0 unspecified atom stereocenters. The number of para-hydroxylation sites is 1. The van der Waals surface area contributed by atoms with Gasteiger partial charge in [0.15, 0.2) is 11.4 Å². The highest BCUT2D eigenvalue weighted by atomic mass is 35.5. The number of fused-ring (bicyclic) bond motifs is 1. The zero-order valence-electron chi connectivity index (χ0n) is 16.7. The van der Waals surface area contributed by atoms with Gasteiger partial charge in [0.1, 0.15) is 0 Å². The fourth-order valence-corrected chi connectivity index (χ4v) is 6.02. The van der Waals surface area contributed by atoms with Gasteiger partial charge in [0.2, 0.25) is 0 Å². The van der Waals surface area contributed by atoms with E-state index in [1.165, 1.54) is 34.0 Å². The molecule has 2 aliphatic heterocycles. The maximum Gasteiger partial charge on any atom is 0.286 e. The average Bonchev–Trinajstić information content (AvgIpc) is 3.24. The highest BCUT2D eigenvalue weighted by Crippen LogP contribution is 2.46. The summed E-state index contributed by atoms with van der Waals surface area (Å²) < 4.78 is 1.30. The lowest BCUT2D eigenvalue weighted by atomic mass is 10.1. The van der Waals surface area contributed by atoms with E-state index < -0.39 is 23.9 Å². The largest absolute Gasteiger partial charge is 0.286 e. The Kier molecular flexibility index (Phi) is 6.17. The van der Waals surface area contributed by atoms with E-state index in [2.05, 4.69) is 5.22 Å². The minimum atomic E-state index is -1.10. The van der Waals surface area contributed by atoms with E-state index in [4.69, 9.17) is 69.6 Å². The first kappa shape index (κ1) is 23.7. The van der Waals surface area contributed by atoms with Crippen LogP contribution >= 0.6 is 69.6 Å². The number of hydrogen-bond acceptors (Lipinski definition) is 4. The number of carbonyl (C=O) groups is 2. The van der Waals surface area contributed by atoms with E-state index >= 15 is 0 Å². The maximum absolute atomic E-state index is 13.6. The Morgan fingerprint density at radius 1 is 0.735 bits per heavy atom. The Balaban J connectivity index is 1.74. The van der Waals surface area contributed by atoms with Crippen molar-refractivity contribution < 1.29 is 14.3 Å². The molecule has 0 radical (unpaired) electrons. The Morgan fingerprint density at radius 2 is 1.26 bits per heavy atom. The molecule has 5 rings (SSSR count). The number of benzene rings is 3. The molecule has 2 aliphatic rings. The minimum Gasteiger partial charge on any atom is -0.269 e. The molecule has 0 spiro atoms. The van der Waals surface area contributed by atoms with Crippen molar-refractivity contribution in [1.82, 2.24) is 0 Å². The fourth-order valence-electron chi connectivity index (χ4n) is 4.04. The average molecular weight is 576 g/mol. The summed E-state index contributed by atoms with van der Waals surface area (Å²) in [5.74, 6) is -1.04. The van der Waals surface area contributed by atoms with Crippen molar-refractivity contribution in [1.29, 1.82) is 0 Å². The molecule has 2 heterocycles. The molecule has 1 fully saturated rings. The number of rotatable bonds is 3. The molecule has 1 saturated heterocycles. The summed E-state index contributed by atoms with van der Waals surface area (Å²) in [6, 6.07) is 12.2. The summed E-state index contributed by atoms with van der Waals surface area (Å²) >= 11 is 37.9. The maximum atomic E-state index is 13.6. The lowest BCUT2D eigenvalue weighted by Crippen LogP contribution is -2.41. The van der Waals surface area contributed by atoms with Gasteiger partial charge in [0.05, 0.1) is 31.0 Å². The summed E-state index contributed by atoms with van der Waals surface area (Å²) in [5, 5.41) is 7.01. The Bertz CT molecular complexity index is 1350. The first-order valence-corrected chi connectivity index (χ1v) is 12.0. The quantitative estimate of drug-likeness (QED) is 0.241. The molecule has 2 amide bonds. The third-order valence-corrected chi connectivity index (χ3v) is 6.99. The molecule has 0 aliphatic carbocycles.